The Hall–Kier alpha value is -2.49. The van der Waals surface area contributed by atoms with Gasteiger partial charge in [0, 0.05) is 6.42 Å². The van der Waals surface area contributed by atoms with E-state index in [1.807, 2.05) is 32.0 Å². The zero-order valence-electron chi connectivity index (χ0n) is 13.0. The summed E-state index contributed by atoms with van der Waals surface area (Å²) >= 11 is 0. The minimum absolute atomic E-state index is 0.322. The molecule has 116 valence electrons. The van der Waals surface area contributed by atoms with Gasteiger partial charge in [-0.05, 0) is 54.8 Å². The molecule has 0 amide bonds. The fourth-order valence-electron chi connectivity index (χ4n) is 2.14. The third kappa shape index (κ3) is 4.01. The lowest BCUT2D eigenvalue weighted by Crippen LogP contribution is -2.29. The molecule has 4 heteroatoms. The first-order valence-electron chi connectivity index (χ1n) is 7.09. The molecule has 0 radical (unpaired) electrons. The summed E-state index contributed by atoms with van der Waals surface area (Å²) in [5, 5.41) is 9.37. The van der Waals surface area contributed by atoms with Gasteiger partial charge in [0.1, 0.15) is 11.5 Å². The lowest BCUT2D eigenvalue weighted by atomic mass is 10.0. The Bertz CT molecular complexity index is 647. The Balaban J connectivity index is 2.12. The van der Waals surface area contributed by atoms with Crippen molar-refractivity contribution in [1.82, 2.24) is 0 Å². The maximum absolute atomic E-state index is 11.4. The molecule has 0 saturated heterocycles. The predicted molar refractivity (Wildman–Crippen MR) is 84.7 cm³/mol. The van der Waals surface area contributed by atoms with E-state index >= 15 is 0 Å². The second-order valence-electron chi connectivity index (χ2n) is 5.24. The first kappa shape index (κ1) is 15.9. The maximum atomic E-state index is 11.4. The van der Waals surface area contributed by atoms with Gasteiger partial charge in [0.25, 0.3) is 0 Å². The summed E-state index contributed by atoms with van der Waals surface area (Å²) in [4.78, 5) is 11.4. The summed E-state index contributed by atoms with van der Waals surface area (Å²) in [5.74, 6) is 0.236. The zero-order chi connectivity index (χ0) is 16.1. The minimum atomic E-state index is -0.978. The topological polar surface area (TPSA) is 55.8 Å². The van der Waals surface area contributed by atoms with Crippen LogP contribution >= 0.6 is 0 Å². The van der Waals surface area contributed by atoms with Crippen molar-refractivity contribution < 1.29 is 19.4 Å². The second-order valence-corrected chi connectivity index (χ2v) is 5.24. The van der Waals surface area contributed by atoms with Gasteiger partial charge < -0.3 is 14.6 Å². The van der Waals surface area contributed by atoms with Gasteiger partial charge in [-0.15, -0.1) is 0 Å². The van der Waals surface area contributed by atoms with Crippen molar-refractivity contribution in [2.24, 2.45) is 0 Å². The van der Waals surface area contributed by atoms with Crippen LogP contribution in [0, 0.1) is 13.8 Å². The van der Waals surface area contributed by atoms with Gasteiger partial charge in [0.15, 0.2) is 6.10 Å². The van der Waals surface area contributed by atoms with Crippen LogP contribution in [0.15, 0.2) is 42.5 Å². The highest BCUT2D eigenvalue weighted by Crippen LogP contribution is 2.20. The number of aliphatic carboxylic acids is 1. The van der Waals surface area contributed by atoms with Crippen LogP contribution in [0.1, 0.15) is 16.7 Å². The molecule has 2 aromatic rings. The summed E-state index contributed by atoms with van der Waals surface area (Å²) in [6.45, 7) is 4.04. The number of methoxy groups -OCH3 is 1. The van der Waals surface area contributed by atoms with Crippen molar-refractivity contribution in [2.75, 3.05) is 7.11 Å². The van der Waals surface area contributed by atoms with Crippen molar-refractivity contribution in [2.45, 2.75) is 26.4 Å². The fraction of sp³-hybridized carbons (Fsp3) is 0.278. The first-order chi connectivity index (χ1) is 10.5. The van der Waals surface area contributed by atoms with Crippen molar-refractivity contribution in [3.8, 4) is 11.5 Å². The van der Waals surface area contributed by atoms with Gasteiger partial charge in [0.2, 0.25) is 0 Å². The lowest BCUT2D eigenvalue weighted by Gasteiger charge is -2.16. The second kappa shape index (κ2) is 6.98. The molecule has 2 aromatic carbocycles. The largest absolute Gasteiger partial charge is 0.497 e. The summed E-state index contributed by atoms with van der Waals surface area (Å²) in [6.07, 6.45) is -0.599. The van der Waals surface area contributed by atoms with E-state index in [1.165, 1.54) is 5.56 Å². The Morgan fingerprint density at radius 2 is 1.68 bits per heavy atom. The van der Waals surface area contributed by atoms with E-state index < -0.39 is 12.1 Å². The third-order valence-electron chi connectivity index (χ3n) is 3.61. The Morgan fingerprint density at radius 3 is 2.23 bits per heavy atom. The lowest BCUT2D eigenvalue weighted by molar-refractivity contribution is -0.145. The number of benzene rings is 2. The molecule has 0 saturated carbocycles. The van der Waals surface area contributed by atoms with Gasteiger partial charge in [-0.1, -0.05) is 18.2 Å². The molecule has 0 aliphatic rings. The number of rotatable bonds is 6. The van der Waals surface area contributed by atoms with E-state index in [4.69, 9.17) is 9.47 Å². The Labute approximate surface area is 130 Å². The summed E-state index contributed by atoms with van der Waals surface area (Å²) in [7, 11) is 1.58. The number of aryl methyl sites for hydroxylation is 2. The van der Waals surface area contributed by atoms with Crippen molar-refractivity contribution >= 4 is 5.97 Å². The first-order valence-corrected chi connectivity index (χ1v) is 7.09. The molecule has 22 heavy (non-hydrogen) atoms. The smallest absolute Gasteiger partial charge is 0.345 e. The molecule has 0 heterocycles. The van der Waals surface area contributed by atoms with E-state index in [1.54, 1.807) is 31.4 Å². The molecule has 0 fully saturated rings. The highest BCUT2D eigenvalue weighted by molar-refractivity contribution is 5.73. The number of hydrogen-bond donors (Lipinski definition) is 1. The highest BCUT2D eigenvalue weighted by atomic mass is 16.5. The van der Waals surface area contributed by atoms with E-state index in [-0.39, 0.29) is 0 Å². The molecular formula is C18H20O4. The van der Waals surface area contributed by atoms with Crippen LogP contribution in [0.3, 0.4) is 0 Å². The fourth-order valence-corrected chi connectivity index (χ4v) is 2.14. The quantitative estimate of drug-likeness (QED) is 0.888. The van der Waals surface area contributed by atoms with Crippen molar-refractivity contribution in [3.05, 3.63) is 59.2 Å². The van der Waals surface area contributed by atoms with E-state index in [0.29, 0.717) is 17.9 Å². The summed E-state index contributed by atoms with van der Waals surface area (Å²) < 4.78 is 10.7. The number of ether oxygens (including phenoxy) is 2. The molecule has 2 rings (SSSR count). The normalized spacial score (nSPS) is 11.8. The van der Waals surface area contributed by atoms with Crippen LogP contribution in [-0.4, -0.2) is 24.3 Å². The van der Waals surface area contributed by atoms with Crippen LogP contribution in [0.5, 0.6) is 11.5 Å². The Kier molecular flexibility index (Phi) is 5.04. The highest BCUT2D eigenvalue weighted by Gasteiger charge is 2.20. The molecule has 1 atom stereocenters. The third-order valence-corrected chi connectivity index (χ3v) is 3.61. The predicted octanol–water partition coefficient (Wildman–Crippen LogP) is 3.39. The molecule has 4 nitrogen and oxygen atoms in total. The number of carboxylic acid groups (broad SMARTS) is 1. The minimum Gasteiger partial charge on any atom is -0.497 e. The van der Waals surface area contributed by atoms with Gasteiger partial charge in [-0.3, -0.25) is 0 Å². The van der Waals surface area contributed by atoms with Gasteiger partial charge in [0.05, 0.1) is 7.11 Å². The molecule has 1 N–H and O–H groups in total. The Morgan fingerprint density at radius 1 is 1.05 bits per heavy atom. The number of carbonyl (C=O) groups is 1. The van der Waals surface area contributed by atoms with E-state index in [2.05, 4.69) is 0 Å². The monoisotopic (exact) mass is 300 g/mol. The van der Waals surface area contributed by atoms with Gasteiger partial charge >= 0.3 is 5.97 Å². The number of hydrogen-bond acceptors (Lipinski definition) is 3. The molecular weight excluding hydrogens is 280 g/mol. The molecule has 0 aromatic heterocycles. The average Bonchev–Trinajstić information content (AvgIpc) is 2.51. The van der Waals surface area contributed by atoms with Crippen LogP contribution in [0.2, 0.25) is 0 Å². The van der Waals surface area contributed by atoms with E-state index in [0.717, 1.165) is 11.1 Å². The molecule has 0 unspecified atom stereocenters. The van der Waals surface area contributed by atoms with Crippen LogP contribution in [-0.2, 0) is 11.2 Å². The SMILES string of the molecule is COc1ccc(O[C@@H](Cc2ccc(C)c(C)c2)C(=O)O)cc1. The number of carboxylic acids is 1. The summed E-state index contributed by atoms with van der Waals surface area (Å²) in [6, 6.07) is 12.8. The average molecular weight is 300 g/mol. The summed E-state index contributed by atoms with van der Waals surface area (Å²) in [5.41, 5.74) is 3.28. The van der Waals surface area contributed by atoms with E-state index in [9.17, 15) is 9.90 Å². The molecule has 0 spiro atoms. The van der Waals surface area contributed by atoms with Crippen LogP contribution in [0.25, 0.3) is 0 Å². The molecule has 0 aliphatic heterocycles. The van der Waals surface area contributed by atoms with Crippen molar-refractivity contribution in [1.29, 1.82) is 0 Å². The molecule has 0 aliphatic carbocycles. The molecule has 0 bridgehead atoms. The van der Waals surface area contributed by atoms with Gasteiger partial charge in [-0.2, -0.15) is 0 Å². The van der Waals surface area contributed by atoms with Crippen LogP contribution in [0.4, 0.5) is 0 Å². The van der Waals surface area contributed by atoms with Crippen molar-refractivity contribution in [3.63, 3.8) is 0 Å². The zero-order valence-corrected chi connectivity index (χ0v) is 13.0. The standard InChI is InChI=1S/C18H20O4/c1-12-4-5-14(10-13(12)2)11-17(18(19)20)22-16-8-6-15(21-3)7-9-16/h4-10,17H,11H2,1-3H3,(H,19,20)/t17-/m0/s1. The van der Waals surface area contributed by atoms with Gasteiger partial charge in [-0.25, -0.2) is 4.79 Å². The van der Waals surface area contributed by atoms with Crippen LogP contribution < -0.4 is 9.47 Å². The maximum Gasteiger partial charge on any atom is 0.345 e.